The number of hydrogen-bond acceptors (Lipinski definition) is 5. The number of nitrogens with one attached hydrogen (secondary N) is 1. The van der Waals surface area contributed by atoms with E-state index in [4.69, 9.17) is 9.47 Å². The molecule has 3 saturated heterocycles. The second kappa shape index (κ2) is 7.94. The zero-order chi connectivity index (χ0) is 18.7. The number of rotatable bonds is 4. The molecule has 1 aromatic heterocycles. The van der Waals surface area contributed by atoms with Crippen LogP contribution in [0.5, 0.6) is 0 Å². The molecule has 0 bridgehead atoms. The lowest BCUT2D eigenvalue weighted by atomic mass is 9.90. The van der Waals surface area contributed by atoms with Gasteiger partial charge in [-0.1, -0.05) is 0 Å². The summed E-state index contributed by atoms with van der Waals surface area (Å²) in [7, 11) is 0. The van der Waals surface area contributed by atoms with Crippen molar-refractivity contribution >= 4 is 11.8 Å². The maximum atomic E-state index is 12.7. The molecule has 0 saturated carbocycles. The Kier molecular flexibility index (Phi) is 5.41. The molecule has 7 nitrogen and oxygen atoms in total. The van der Waals surface area contributed by atoms with E-state index >= 15 is 0 Å². The molecule has 1 spiro atoms. The predicted octanol–water partition coefficient (Wildman–Crippen LogP) is 1.39. The first kappa shape index (κ1) is 18.4. The van der Waals surface area contributed by atoms with Crippen molar-refractivity contribution in [3.63, 3.8) is 0 Å². The lowest BCUT2D eigenvalue weighted by Crippen LogP contribution is -2.47. The second-order valence-electron chi connectivity index (χ2n) is 7.84. The van der Waals surface area contributed by atoms with Gasteiger partial charge in [-0.25, -0.2) is 0 Å². The highest BCUT2D eigenvalue weighted by Crippen LogP contribution is 2.37. The maximum Gasteiger partial charge on any atom is 0.252 e. The van der Waals surface area contributed by atoms with E-state index in [9.17, 15) is 9.59 Å². The summed E-state index contributed by atoms with van der Waals surface area (Å²) in [6, 6.07) is 3.50. The number of aromatic nitrogens is 1. The van der Waals surface area contributed by atoms with Crippen molar-refractivity contribution in [3.8, 4) is 0 Å². The SMILES string of the molecule is O=C(NC[C@H]1CCC[C@]2(CCN(C(=O)C3CCOC3)C2)O1)c1cccnc1. The van der Waals surface area contributed by atoms with Crippen LogP contribution in [0.15, 0.2) is 24.5 Å². The summed E-state index contributed by atoms with van der Waals surface area (Å²) < 4.78 is 11.8. The van der Waals surface area contributed by atoms with Crippen LogP contribution in [0.25, 0.3) is 0 Å². The Hall–Kier alpha value is -1.99. The Labute approximate surface area is 159 Å². The third-order valence-electron chi connectivity index (χ3n) is 5.90. The fraction of sp³-hybridized carbons (Fsp3) is 0.650. The number of carbonyl (C=O) groups is 2. The van der Waals surface area contributed by atoms with Gasteiger partial charge in [0.15, 0.2) is 0 Å². The smallest absolute Gasteiger partial charge is 0.252 e. The van der Waals surface area contributed by atoms with Crippen LogP contribution in [0.2, 0.25) is 0 Å². The van der Waals surface area contributed by atoms with E-state index in [1.54, 1.807) is 24.5 Å². The lowest BCUT2D eigenvalue weighted by Gasteiger charge is -2.38. The standard InChI is InChI=1S/C20H27N3O4/c24-18(15-3-2-8-21-11-15)22-12-17-4-1-6-20(27-17)7-9-23(14-20)19(25)16-5-10-26-13-16/h2-3,8,11,16-17H,1,4-7,9-10,12-14H2,(H,22,24)/t16?,17-,20-/m1/s1. The third kappa shape index (κ3) is 4.14. The van der Waals surface area contributed by atoms with Crippen LogP contribution in [-0.4, -0.2) is 66.3 Å². The minimum Gasteiger partial charge on any atom is -0.381 e. The van der Waals surface area contributed by atoms with E-state index < -0.39 is 0 Å². The summed E-state index contributed by atoms with van der Waals surface area (Å²) in [6.07, 6.45) is 7.86. The van der Waals surface area contributed by atoms with Gasteiger partial charge in [0.1, 0.15) is 0 Å². The van der Waals surface area contributed by atoms with Crippen molar-refractivity contribution in [2.24, 2.45) is 5.92 Å². The van der Waals surface area contributed by atoms with E-state index in [1.807, 2.05) is 4.90 Å². The van der Waals surface area contributed by atoms with Gasteiger partial charge in [0.25, 0.3) is 5.91 Å². The fourth-order valence-electron chi connectivity index (χ4n) is 4.39. The number of likely N-dealkylation sites (tertiary alicyclic amines) is 1. The van der Waals surface area contributed by atoms with Crippen molar-refractivity contribution in [2.45, 2.75) is 43.8 Å². The van der Waals surface area contributed by atoms with E-state index in [1.165, 1.54) is 0 Å². The lowest BCUT2D eigenvalue weighted by molar-refractivity contribution is -0.141. The first-order valence-electron chi connectivity index (χ1n) is 9.88. The minimum atomic E-state index is -0.253. The van der Waals surface area contributed by atoms with Gasteiger partial charge in [-0.2, -0.15) is 0 Å². The second-order valence-corrected chi connectivity index (χ2v) is 7.84. The maximum absolute atomic E-state index is 12.7. The van der Waals surface area contributed by atoms with Crippen molar-refractivity contribution in [2.75, 3.05) is 32.8 Å². The van der Waals surface area contributed by atoms with Gasteiger partial charge in [-0.3, -0.25) is 14.6 Å². The van der Waals surface area contributed by atoms with Gasteiger partial charge in [0.05, 0.1) is 29.8 Å². The van der Waals surface area contributed by atoms with Crippen LogP contribution in [0.1, 0.15) is 42.5 Å². The number of pyridine rings is 1. The molecule has 0 aliphatic carbocycles. The summed E-state index contributed by atoms with van der Waals surface area (Å²) in [4.78, 5) is 30.8. The normalized spacial score (nSPS) is 30.6. The van der Waals surface area contributed by atoms with Crippen LogP contribution < -0.4 is 5.32 Å². The van der Waals surface area contributed by atoms with Crippen LogP contribution in [-0.2, 0) is 14.3 Å². The van der Waals surface area contributed by atoms with Crippen LogP contribution in [0.4, 0.5) is 0 Å². The molecule has 7 heteroatoms. The summed E-state index contributed by atoms with van der Waals surface area (Å²) in [6.45, 7) is 3.14. The Bertz CT molecular complexity index is 677. The topological polar surface area (TPSA) is 80.8 Å². The third-order valence-corrected chi connectivity index (χ3v) is 5.90. The number of ether oxygens (including phenoxy) is 2. The Balaban J connectivity index is 1.30. The molecule has 146 valence electrons. The van der Waals surface area contributed by atoms with E-state index in [2.05, 4.69) is 10.3 Å². The fourth-order valence-corrected chi connectivity index (χ4v) is 4.39. The average Bonchev–Trinajstić information content (AvgIpc) is 3.37. The largest absolute Gasteiger partial charge is 0.381 e. The number of hydrogen-bond donors (Lipinski definition) is 1. The highest BCUT2D eigenvalue weighted by atomic mass is 16.5. The van der Waals surface area contributed by atoms with Crippen molar-refractivity contribution in [1.82, 2.24) is 15.2 Å². The van der Waals surface area contributed by atoms with Crippen molar-refractivity contribution in [3.05, 3.63) is 30.1 Å². The molecule has 3 aliphatic rings. The highest BCUT2D eigenvalue weighted by Gasteiger charge is 2.45. The molecule has 2 amide bonds. The molecule has 4 rings (SSSR count). The average molecular weight is 373 g/mol. The van der Waals surface area contributed by atoms with Gasteiger partial charge in [-0.15, -0.1) is 0 Å². The molecule has 3 fully saturated rings. The molecule has 1 aromatic rings. The van der Waals surface area contributed by atoms with Crippen molar-refractivity contribution in [1.29, 1.82) is 0 Å². The number of carbonyl (C=O) groups excluding carboxylic acids is 2. The molecule has 3 atom stereocenters. The van der Waals surface area contributed by atoms with Crippen LogP contribution in [0, 0.1) is 5.92 Å². The molecule has 0 aromatic carbocycles. The Morgan fingerprint density at radius 1 is 1.33 bits per heavy atom. The molecular formula is C20H27N3O4. The number of amides is 2. The van der Waals surface area contributed by atoms with E-state index in [0.717, 1.165) is 38.6 Å². The first-order valence-corrected chi connectivity index (χ1v) is 9.88. The van der Waals surface area contributed by atoms with Gasteiger partial charge in [0, 0.05) is 38.6 Å². The van der Waals surface area contributed by atoms with Crippen LogP contribution >= 0.6 is 0 Å². The molecule has 1 unspecified atom stereocenters. The zero-order valence-corrected chi connectivity index (χ0v) is 15.6. The highest BCUT2D eigenvalue weighted by molar-refractivity contribution is 5.93. The molecule has 4 heterocycles. The van der Waals surface area contributed by atoms with Gasteiger partial charge in [0.2, 0.25) is 5.91 Å². The molecular weight excluding hydrogens is 346 g/mol. The van der Waals surface area contributed by atoms with Crippen LogP contribution in [0.3, 0.4) is 0 Å². The first-order chi connectivity index (χ1) is 13.2. The Morgan fingerprint density at radius 3 is 3.04 bits per heavy atom. The summed E-state index contributed by atoms with van der Waals surface area (Å²) in [5, 5.41) is 2.95. The quantitative estimate of drug-likeness (QED) is 0.863. The molecule has 1 N–H and O–H groups in total. The minimum absolute atomic E-state index is 0.00997. The van der Waals surface area contributed by atoms with E-state index in [-0.39, 0.29) is 29.4 Å². The summed E-state index contributed by atoms with van der Waals surface area (Å²) in [5.41, 5.74) is 0.302. The summed E-state index contributed by atoms with van der Waals surface area (Å²) in [5.74, 6) is 0.0917. The monoisotopic (exact) mass is 373 g/mol. The summed E-state index contributed by atoms with van der Waals surface area (Å²) >= 11 is 0. The molecule has 3 aliphatic heterocycles. The zero-order valence-electron chi connectivity index (χ0n) is 15.6. The van der Waals surface area contributed by atoms with Crippen molar-refractivity contribution < 1.29 is 19.1 Å². The van der Waals surface area contributed by atoms with E-state index in [0.29, 0.717) is 31.9 Å². The van der Waals surface area contributed by atoms with Gasteiger partial charge in [-0.05, 0) is 44.2 Å². The Morgan fingerprint density at radius 2 is 2.26 bits per heavy atom. The molecule has 0 radical (unpaired) electrons. The van der Waals surface area contributed by atoms with Gasteiger partial charge < -0.3 is 19.7 Å². The predicted molar refractivity (Wildman–Crippen MR) is 98.1 cm³/mol. The number of nitrogens with zero attached hydrogens (tertiary/aromatic N) is 2. The van der Waals surface area contributed by atoms with Gasteiger partial charge >= 0.3 is 0 Å². The molecule has 27 heavy (non-hydrogen) atoms.